The average Bonchev–Trinajstić information content (AvgIpc) is 3.39. The largest absolute Gasteiger partial charge is 0.451 e. The molecule has 0 radical (unpaired) electrons. The van der Waals surface area contributed by atoms with Gasteiger partial charge in [0, 0.05) is 36.2 Å². The Morgan fingerprint density at radius 2 is 2.03 bits per heavy atom. The Morgan fingerprint density at radius 3 is 2.77 bits per heavy atom. The van der Waals surface area contributed by atoms with Crippen LogP contribution in [-0.4, -0.2) is 30.1 Å². The van der Waals surface area contributed by atoms with E-state index in [-0.39, 0.29) is 17.3 Å². The monoisotopic (exact) mass is 410 g/mol. The Bertz CT molecular complexity index is 1170. The molecule has 1 N–H and O–H groups in total. The van der Waals surface area contributed by atoms with Gasteiger partial charge in [0.05, 0.1) is 16.8 Å². The highest BCUT2D eigenvalue weighted by Gasteiger charge is 2.18. The number of benzene rings is 2. The maximum absolute atomic E-state index is 14.5. The number of hydrogen-bond donors (Lipinski definition) is 1. The van der Waals surface area contributed by atoms with Crippen LogP contribution in [0, 0.1) is 22.9 Å². The molecule has 8 nitrogen and oxygen atoms in total. The molecule has 1 aliphatic heterocycles. The van der Waals surface area contributed by atoms with Crippen LogP contribution in [0.3, 0.4) is 0 Å². The molecule has 1 amide bonds. The van der Waals surface area contributed by atoms with E-state index in [9.17, 15) is 19.3 Å². The van der Waals surface area contributed by atoms with Crippen molar-refractivity contribution in [1.29, 1.82) is 0 Å². The molecule has 2 aromatic carbocycles. The summed E-state index contributed by atoms with van der Waals surface area (Å²) in [6.07, 6.45) is 3.49. The molecule has 2 heterocycles. The molecule has 3 aromatic rings. The fourth-order valence-electron chi connectivity index (χ4n) is 3.49. The van der Waals surface area contributed by atoms with Crippen molar-refractivity contribution in [2.45, 2.75) is 19.8 Å². The third kappa shape index (κ3) is 3.86. The van der Waals surface area contributed by atoms with E-state index in [2.05, 4.69) is 10.5 Å². The Balaban J connectivity index is 1.47. The summed E-state index contributed by atoms with van der Waals surface area (Å²) in [6, 6.07) is 8.65. The van der Waals surface area contributed by atoms with Gasteiger partial charge in [0.2, 0.25) is 0 Å². The van der Waals surface area contributed by atoms with Crippen molar-refractivity contribution in [1.82, 2.24) is 5.43 Å². The number of nitro benzene ring substituents is 1. The molecule has 1 saturated heterocycles. The number of nitrogens with zero attached hydrogens (tertiary/aromatic N) is 3. The minimum atomic E-state index is -0.614. The van der Waals surface area contributed by atoms with Gasteiger partial charge in [-0.1, -0.05) is 0 Å². The van der Waals surface area contributed by atoms with Crippen LogP contribution in [0.15, 0.2) is 45.9 Å². The minimum absolute atomic E-state index is 0.0325. The lowest BCUT2D eigenvalue weighted by Gasteiger charge is -2.19. The van der Waals surface area contributed by atoms with Crippen LogP contribution in [0.25, 0.3) is 11.0 Å². The zero-order valence-corrected chi connectivity index (χ0v) is 16.2. The van der Waals surface area contributed by atoms with Crippen molar-refractivity contribution in [3.8, 4) is 0 Å². The van der Waals surface area contributed by atoms with Crippen LogP contribution >= 0.6 is 0 Å². The summed E-state index contributed by atoms with van der Waals surface area (Å²) in [7, 11) is 0. The number of furan rings is 1. The molecule has 1 aromatic heterocycles. The van der Waals surface area contributed by atoms with E-state index in [0.29, 0.717) is 22.2 Å². The van der Waals surface area contributed by atoms with Crippen molar-refractivity contribution in [3.63, 3.8) is 0 Å². The lowest BCUT2D eigenvalue weighted by Crippen LogP contribution is -2.19. The summed E-state index contributed by atoms with van der Waals surface area (Å²) >= 11 is 0. The van der Waals surface area contributed by atoms with Gasteiger partial charge in [0.25, 0.3) is 5.69 Å². The molecule has 0 aliphatic carbocycles. The molecule has 1 fully saturated rings. The topological polar surface area (TPSA) is 101 Å². The summed E-state index contributed by atoms with van der Waals surface area (Å²) in [6.45, 7) is 3.55. The molecule has 0 saturated carbocycles. The second kappa shape index (κ2) is 7.94. The number of carbonyl (C=O) groups excluding carboxylic acids is 1. The van der Waals surface area contributed by atoms with Crippen LogP contribution < -0.4 is 10.3 Å². The van der Waals surface area contributed by atoms with Crippen molar-refractivity contribution in [2.75, 3.05) is 18.0 Å². The van der Waals surface area contributed by atoms with Gasteiger partial charge in [0.15, 0.2) is 5.76 Å². The molecule has 1 aliphatic rings. The van der Waals surface area contributed by atoms with Gasteiger partial charge in [-0.25, -0.2) is 9.82 Å². The molecule has 9 heteroatoms. The molecular formula is C21H19FN4O4. The number of carbonyl (C=O) groups is 1. The number of fused-ring (bicyclic) bond motifs is 1. The van der Waals surface area contributed by atoms with Crippen LogP contribution in [-0.2, 0) is 0 Å². The summed E-state index contributed by atoms with van der Waals surface area (Å²) in [5, 5.41) is 15.2. The number of nitrogens with one attached hydrogen (secondary N) is 1. The highest BCUT2D eigenvalue weighted by molar-refractivity contribution is 5.97. The Labute approximate surface area is 171 Å². The van der Waals surface area contributed by atoms with Gasteiger partial charge in [0.1, 0.15) is 11.4 Å². The predicted molar refractivity (Wildman–Crippen MR) is 111 cm³/mol. The maximum Gasteiger partial charge on any atom is 0.307 e. The van der Waals surface area contributed by atoms with Crippen molar-refractivity contribution < 1.29 is 18.5 Å². The van der Waals surface area contributed by atoms with E-state index in [1.807, 2.05) is 11.8 Å². The number of aryl methyl sites for hydroxylation is 1. The molecule has 154 valence electrons. The van der Waals surface area contributed by atoms with E-state index in [4.69, 9.17) is 4.42 Å². The third-order valence-corrected chi connectivity index (χ3v) is 5.09. The minimum Gasteiger partial charge on any atom is -0.451 e. The number of rotatable bonds is 5. The third-order valence-electron chi connectivity index (χ3n) is 5.09. The van der Waals surface area contributed by atoms with Crippen molar-refractivity contribution in [3.05, 3.63) is 69.2 Å². The van der Waals surface area contributed by atoms with E-state index in [1.54, 1.807) is 6.07 Å². The first-order chi connectivity index (χ1) is 14.4. The number of nitro groups is 1. The molecule has 0 spiro atoms. The first-order valence-corrected chi connectivity index (χ1v) is 9.49. The summed E-state index contributed by atoms with van der Waals surface area (Å²) in [5.41, 5.74) is 4.57. The van der Waals surface area contributed by atoms with Gasteiger partial charge < -0.3 is 9.32 Å². The fourth-order valence-corrected chi connectivity index (χ4v) is 3.49. The summed E-state index contributed by atoms with van der Waals surface area (Å²) in [4.78, 5) is 24.6. The first-order valence-electron chi connectivity index (χ1n) is 9.49. The van der Waals surface area contributed by atoms with E-state index in [0.717, 1.165) is 31.5 Å². The Hall–Kier alpha value is -3.75. The summed E-state index contributed by atoms with van der Waals surface area (Å²) < 4.78 is 19.9. The second-order valence-electron chi connectivity index (χ2n) is 7.14. The average molecular weight is 410 g/mol. The molecule has 0 unspecified atom stereocenters. The number of amides is 1. The zero-order chi connectivity index (χ0) is 21.3. The quantitative estimate of drug-likeness (QED) is 0.387. The molecule has 4 rings (SSSR count). The highest BCUT2D eigenvalue weighted by atomic mass is 19.1. The molecule has 0 bridgehead atoms. The lowest BCUT2D eigenvalue weighted by molar-refractivity contribution is -0.384. The first kappa shape index (κ1) is 19.6. The normalized spacial score (nSPS) is 14.0. The Morgan fingerprint density at radius 1 is 1.27 bits per heavy atom. The predicted octanol–water partition coefficient (Wildman–Crippen LogP) is 4.15. The van der Waals surface area contributed by atoms with Gasteiger partial charge in [-0.3, -0.25) is 14.9 Å². The maximum atomic E-state index is 14.5. The van der Waals surface area contributed by atoms with Crippen LogP contribution in [0.2, 0.25) is 0 Å². The number of anilines is 1. The van der Waals surface area contributed by atoms with Crippen LogP contribution in [0.5, 0.6) is 0 Å². The van der Waals surface area contributed by atoms with Crippen LogP contribution in [0.1, 0.15) is 34.5 Å². The lowest BCUT2D eigenvalue weighted by atomic mass is 10.1. The van der Waals surface area contributed by atoms with Crippen molar-refractivity contribution in [2.24, 2.45) is 5.10 Å². The number of non-ortho nitro benzene ring substituents is 1. The summed E-state index contributed by atoms with van der Waals surface area (Å²) in [5.74, 6) is -0.971. The molecule has 0 atom stereocenters. The zero-order valence-electron chi connectivity index (χ0n) is 16.2. The standard InChI is InChI=1S/C21H19FN4O4/c1-13-8-18(25-6-2-3-7-25)17(22)10-15(13)12-23-24-21(27)20-11-14-9-16(26(28)29)4-5-19(14)30-20/h4-5,8-12H,2-3,6-7H2,1H3,(H,24,27). The molecule has 30 heavy (non-hydrogen) atoms. The molecular weight excluding hydrogens is 391 g/mol. The Kier molecular flexibility index (Phi) is 5.18. The fraction of sp³-hybridized carbons (Fsp3) is 0.238. The van der Waals surface area contributed by atoms with Gasteiger partial charge in [-0.2, -0.15) is 5.10 Å². The SMILES string of the molecule is Cc1cc(N2CCCC2)c(F)cc1C=NNC(=O)c1cc2cc([N+](=O)[O-])ccc2o1. The van der Waals surface area contributed by atoms with Gasteiger partial charge in [-0.15, -0.1) is 0 Å². The van der Waals surface area contributed by atoms with Gasteiger partial charge in [-0.05, 0) is 49.6 Å². The van der Waals surface area contributed by atoms with E-state index in [1.165, 1.54) is 36.5 Å². The van der Waals surface area contributed by atoms with Crippen LogP contribution in [0.4, 0.5) is 15.8 Å². The van der Waals surface area contributed by atoms with E-state index < -0.39 is 10.8 Å². The number of halogens is 1. The van der Waals surface area contributed by atoms with E-state index >= 15 is 0 Å². The van der Waals surface area contributed by atoms with Crippen molar-refractivity contribution >= 4 is 34.5 Å². The highest BCUT2D eigenvalue weighted by Crippen LogP contribution is 2.26. The smallest absolute Gasteiger partial charge is 0.307 e. The second-order valence-corrected chi connectivity index (χ2v) is 7.14. The van der Waals surface area contributed by atoms with Gasteiger partial charge >= 0.3 is 5.91 Å². The number of hydrogen-bond acceptors (Lipinski definition) is 6. The number of hydrazone groups is 1.